The molecule has 4 heteroatoms. The Morgan fingerprint density at radius 3 is 2.58 bits per heavy atom. The summed E-state index contributed by atoms with van der Waals surface area (Å²) in [4.78, 5) is 12.2. The number of carbonyl (C=O) groups excluding carboxylic acids is 1. The largest absolute Gasteiger partial charge is 0.396 e. The number of hydrogen-bond donors (Lipinski definition) is 3. The van der Waals surface area contributed by atoms with E-state index in [4.69, 9.17) is 0 Å². The molecule has 112 valence electrons. The standard InChI is InChI=1S/C15H30N2O2/c1-4-12-7-8-16-13(9-12)14(19)17-10-15(5-2,6-3)11-18/h12-13,16,18H,4-11H2,1-3H3,(H,17,19). The van der Waals surface area contributed by atoms with Gasteiger partial charge >= 0.3 is 0 Å². The lowest BCUT2D eigenvalue weighted by Gasteiger charge is -2.32. The number of aliphatic hydroxyl groups is 1. The summed E-state index contributed by atoms with van der Waals surface area (Å²) in [6.07, 6.45) is 5.03. The fourth-order valence-corrected chi connectivity index (χ4v) is 2.74. The van der Waals surface area contributed by atoms with Crippen molar-refractivity contribution in [2.24, 2.45) is 11.3 Å². The second-order valence-electron chi connectivity index (χ2n) is 5.89. The van der Waals surface area contributed by atoms with E-state index >= 15 is 0 Å². The molecule has 0 spiro atoms. The molecule has 1 heterocycles. The van der Waals surface area contributed by atoms with E-state index in [-0.39, 0.29) is 24.0 Å². The van der Waals surface area contributed by atoms with Crippen molar-refractivity contribution >= 4 is 5.91 Å². The summed E-state index contributed by atoms with van der Waals surface area (Å²) < 4.78 is 0. The van der Waals surface area contributed by atoms with Crippen LogP contribution in [0.3, 0.4) is 0 Å². The summed E-state index contributed by atoms with van der Waals surface area (Å²) in [5.74, 6) is 0.759. The van der Waals surface area contributed by atoms with Crippen molar-refractivity contribution < 1.29 is 9.90 Å². The van der Waals surface area contributed by atoms with Crippen LogP contribution in [0.1, 0.15) is 52.9 Å². The molecule has 4 nitrogen and oxygen atoms in total. The van der Waals surface area contributed by atoms with Crippen LogP contribution in [0.4, 0.5) is 0 Å². The van der Waals surface area contributed by atoms with Crippen LogP contribution in [-0.2, 0) is 4.79 Å². The highest BCUT2D eigenvalue weighted by Crippen LogP contribution is 2.25. The maximum Gasteiger partial charge on any atom is 0.237 e. The van der Waals surface area contributed by atoms with E-state index in [1.807, 2.05) is 0 Å². The van der Waals surface area contributed by atoms with Gasteiger partial charge < -0.3 is 15.7 Å². The molecule has 0 aromatic carbocycles. The molecule has 2 unspecified atom stereocenters. The second-order valence-corrected chi connectivity index (χ2v) is 5.89. The summed E-state index contributed by atoms with van der Waals surface area (Å²) in [5, 5.41) is 15.8. The Kier molecular flexibility index (Phi) is 6.80. The van der Waals surface area contributed by atoms with Gasteiger partial charge in [-0.05, 0) is 38.1 Å². The molecule has 3 N–H and O–H groups in total. The van der Waals surface area contributed by atoms with E-state index in [0.29, 0.717) is 12.5 Å². The Hall–Kier alpha value is -0.610. The first-order valence-corrected chi connectivity index (χ1v) is 7.72. The molecule has 0 saturated carbocycles. The number of hydrogen-bond acceptors (Lipinski definition) is 3. The van der Waals surface area contributed by atoms with Crippen LogP contribution in [0.25, 0.3) is 0 Å². The molecule has 1 saturated heterocycles. The number of amides is 1. The highest BCUT2D eigenvalue weighted by molar-refractivity contribution is 5.81. The molecule has 1 amide bonds. The van der Waals surface area contributed by atoms with Gasteiger partial charge in [-0.3, -0.25) is 4.79 Å². The first-order valence-electron chi connectivity index (χ1n) is 7.72. The number of nitrogens with one attached hydrogen (secondary N) is 2. The van der Waals surface area contributed by atoms with Gasteiger partial charge in [0.05, 0.1) is 12.6 Å². The summed E-state index contributed by atoms with van der Waals surface area (Å²) >= 11 is 0. The van der Waals surface area contributed by atoms with Gasteiger partial charge in [0.1, 0.15) is 0 Å². The monoisotopic (exact) mass is 270 g/mol. The Labute approximate surface area is 117 Å². The Morgan fingerprint density at radius 2 is 2.05 bits per heavy atom. The highest BCUT2D eigenvalue weighted by Gasteiger charge is 2.29. The Morgan fingerprint density at radius 1 is 1.37 bits per heavy atom. The van der Waals surface area contributed by atoms with Gasteiger partial charge in [0.25, 0.3) is 0 Å². The predicted molar refractivity (Wildman–Crippen MR) is 77.9 cm³/mol. The van der Waals surface area contributed by atoms with E-state index in [9.17, 15) is 9.90 Å². The van der Waals surface area contributed by atoms with Crippen LogP contribution < -0.4 is 10.6 Å². The Balaban J connectivity index is 2.46. The van der Waals surface area contributed by atoms with E-state index in [0.717, 1.165) is 32.2 Å². The van der Waals surface area contributed by atoms with Gasteiger partial charge in [-0.1, -0.05) is 27.2 Å². The number of aliphatic hydroxyl groups excluding tert-OH is 1. The van der Waals surface area contributed by atoms with Crippen molar-refractivity contribution in [3.63, 3.8) is 0 Å². The van der Waals surface area contributed by atoms with E-state index in [1.165, 1.54) is 6.42 Å². The molecule has 1 fully saturated rings. The third-order valence-corrected chi connectivity index (χ3v) is 4.88. The van der Waals surface area contributed by atoms with E-state index in [1.54, 1.807) is 0 Å². The first kappa shape index (κ1) is 16.4. The van der Waals surface area contributed by atoms with Crippen LogP contribution in [0.5, 0.6) is 0 Å². The third kappa shape index (κ3) is 4.46. The van der Waals surface area contributed by atoms with Gasteiger partial charge in [-0.25, -0.2) is 0 Å². The fourth-order valence-electron chi connectivity index (χ4n) is 2.74. The van der Waals surface area contributed by atoms with Gasteiger partial charge in [0.2, 0.25) is 5.91 Å². The molecule has 1 aliphatic heterocycles. The summed E-state index contributed by atoms with van der Waals surface area (Å²) in [6, 6.07) is -0.0520. The minimum Gasteiger partial charge on any atom is -0.396 e. The molecule has 0 aliphatic carbocycles. The van der Waals surface area contributed by atoms with Crippen LogP contribution in [0, 0.1) is 11.3 Å². The molecule has 19 heavy (non-hydrogen) atoms. The van der Waals surface area contributed by atoms with Crippen molar-refractivity contribution in [3.8, 4) is 0 Å². The van der Waals surface area contributed by atoms with Gasteiger partial charge in [-0.15, -0.1) is 0 Å². The average Bonchev–Trinajstić information content (AvgIpc) is 2.49. The van der Waals surface area contributed by atoms with Gasteiger partial charge in [-0.2, -0.15) is 0 Å². The number of carbonyl (C=O) groups is 1. The second kappa shape index (κ2) is 7.85. The summed E-state index contributed by atoms with van der Waals surface area (Å²) in [7, 11) is 0. The maximum absolute atomic E-state index is 12.2. The van der Waals surface area contributed by atoms with E-state index < -0.39 is 0 Å². The van der Waals surface area contributed by atoms with Gasteiger partial charge in [0.15, 0.2) is 0 Å². The fraction of sp³-hybridized carbons (Fsp3) is 0.933. The molecule has 0 radical (unpaired) electrons. The van der Waals surface area contributed by atoms with Gasteiger partial charge in [0, 0.05) is 12.0 Å². The van der Waals surface area contributed by atoms with Crippen molar-refractivity contribution in [2.45, 2.75) is 58.9 Å². The van der Waals surface area contributed by atoms with Crippen molar-refractivity contribution in [1.29, 1.82) is 0 Å². The maximum atomic E-state index is 12.2. The van der Waals surface area contributed by atoms with Crippen molar-refractivity contribution in [2.75, 3.05) is 19.7 Å². The molecule has 0 aromatic rings. The lowest BCUT2D eigenvalue weighted by molar-refractivity contribution is -0.124. The smallest absolute Gasteiger partial charge is 0.237 e. The molecule has 1 aliphatic rings. The minimum atomic E-state index is -0.158. The van der Waals surface area contributed by atoms with Crippen LogP contribution in [0.15, 0.2) is 0 Å². The first-order chi connectivity index (χ1) is 9.10. The van der Waals surface area contributed by atoms with Crippen molar-refractivity contribution in [1.82, 2.24) is 10.6 Å². The topological polar surface area (TPSA) is 61.4 Å². The lowest BCUT2D eigenvalue weighted by Crippen LogP contribution is -2.51. The SMILES string of the molecule is CCC1CCNC(C(=O)NCC(CC)(CC)CO)C1. The molecule has 2 atom stereocenters. The zero-order valence-corrected chi connectivity index (χ0v) is 12.7. The number of rotatable bonds is 7. The number of piperidine rings is 1. The molecular formula is C15H30N2O2. The third-order valence-electron chi connectivity index (χ3n) is 4.88. The summed E-state index contributed by atoms with van der Waals surface area (Å²) in [6.45, 7) is 7.97. The molecule has 0 aromatic heterocycles. The van der Waals surface area contributed by atoms with Crippen LogP contribution >= 0.6 is 0 Å². The lowest BCUT2D eigenvalue weighted by atomic mass is 9.83. The highest BCUT2D eigenvalue weighted by atomic mass is 16.3. The molecule has 0 bridgehead atoms. The minimum absolute atomic E-state index is 0.0520. The normalized spacial score (nSPS) is 24.2. The summed E-state index contributed by atoms with van der Waals surface area (Å²) in [5.41, 5.74) is -0.158. The van der Waals surface area contributed by atoms with E-state index in [2.05, 4.69) is 31.4 Å². The van der Waals surface area contributed by atoms with Crippen LogP contribution in [0.2, 0.25) is 0 Å². The zero-order chi connectivity index (χ0) is 14.3. The molecule has 1 rings (SSSR count). The predicted octanol–water partition coefficient (Wildman–Crippen LogP) is 1.68. The zero-order valence-electron chi connectivity index (χ0n) is 12.7. The van der Waals surface area contributed by atoms with Crippen molar-refractivity contribution in [3.05, 3.63) is 0 Å². The van der Waals surface area contributed by atoms with Crippen LogP contribution in [-0.4, -0.2) is 36.8 Å². The quantitative estimate of drug-likeness (QED) is 0.659. The molecular weight excluding hydrogens is 240 g/mol. The average molecular weight is 270 g/mol. The Bertz CT molecular complexity index is 269.